The van der Waals surface area contributed by atoms with Crippen LogP contribution in [0.25, 0.3) is 0 Å². The molecule has 32 heavy (non-hydrogen) atoms. The first-order valence-corrected chi connectivity index (χ1v) is 11.1. The zero-order valence-corrected chi connectivity index (χ0v) is 19.4. The predicted octanol–water partition coefficient (Wildman–Crippen LogP) is 5.20. The molecule has 3 aromatic carbocycles. The highest BCUT2D eigenvalue weighted by atomic mass is 79.9. The van der Waals surface area contributed by atoms with Gasteiger partial charge in [-0.25, -0.2) is 0 Å². The normalized spacial score (nSPS) is 15.0. The highest BCUT2D eigenvalue weighted by molar-refractivity contribution is 9.10. The number of hydrogen-bond donors (Lipinski definition) is 1. The minimum Gasteiger partial charge on any atom is -0.492 e. The molecule has 2 amide bonds. The van der Waals surface area contributed by atoms with Gasteiger partial charge in [0.1, 0.15) is 18.1 Å². The molecule has 1 N–H and O–H groups in total. The number of halogens is 1. The molecule has 164 valence electrons. The van der Waals surface area contributed by atoms with Gasteiger partial charge in [-0.2, -0.15) is 0 Å². The standard InChI is InChI=1S/C25H23BrN2O4/c1-16-4-3-5-21(14-16)31-13-12-28-22-11-10-20(15-23(22)32-17(2)25(28)30)27-24(29)18-6-8-19(26)9-7-18/h3-11,14-15,17H,12-13H2,1-2H3,(H,27,29). The number of fused-ring (bicyclic) bond motifs is 1. The lowest BCUT2D eigenvalue weighted by Gasteiger charge is -2.33. The number of carbonyl (C=O) groups is 2. The molecule has 1 aliphatic rings. The highest BCUT2D eigenvalue weighted by Gasteiger charge is 2.31. The van der Waals surface area contributed by atoms with Crippen LogP contribution >= 0.6 is 15.9 Å². The summed E-state index contributed by atoms with van der Waals surface area (Å²) in [6, 6.07) is 20.2. The van der Waals surface area contributed by atoms with Crippen molar-refractivity contribution in [1.29, 1.82) is 0 Å². The summed E-state index contributed by atoms with van der Waals surface area (Å²) in [4.78, 5) is 26.9. The smallest absolute Gasteiger partial charge is 0.267 e. The Morgan fingerprint density at radius 1 is 1.12 bits per heavy atom. The van der Waals surface area contributed by atoms with E-state index >= 15 is 0 Å². The number of aryl methyl sites for hydroxylation is 1. The van der Waals surface area contributed by atoms with Crippen molar-refractivity contribution in [3.63, 3.8) is 0 Å². The summed E-state index contributed by atoms with van der Waals surface area (Å²) >= 11 is 3.36. The van der Waals surface area contributed by atoms with Gasteiger partial charge in [-0.15, -0.1) is 0 Å². The van der Waals surface area contributed by atoms with Crippen LogP contribution in [0.3, 0.4) is 0 Å². The van der Waals surface area contributed by atoms with E-state index in [4.69, 9.17) is 9.47 Å². The van der Waals surface area contributed by atoms with E-state index in [0.29, 0.717) is 35.8 Å². The maximum Gasteiger partial charge on any atom is 0.267 e. The van der Waals surface area contributed by atoms with Crippen molar-refractivity contribution in [1.82, 2.24) is 0 Å². The molecule has 4 rings (SSSR count). The monoisotopic (exact) mass is 494 g/mol. The fourth-order valence-corrected chi connectivity index (χ4v) is 3.75. The summed E-state index contributed by atoms with van der Waals surface area (Å²) < 4.78 is 12.5. The van der Waals surface area contributed by atoms with Crippen LogP contribution in [0.2, 0.25) is 0 Å². The van der Waals surface area contributed by atoms with Gasteiger partial charge in [0.05, 0.1) is 12.2 Å². The number of hydrogen-bond acceptors (Lipinski definition) is 4. The predicted molar refractivity (Wildman–Crippen MR) is 128 cm³/mol. The SMILES string of the molecule is Cc1cccc(OCCN2C(=O)C(C)Oc3cc(NC(=O)c4ccc(Br)cc4)ccc32)c1. The maximum absolute atomic E-state index is 12.7. The first-order valence-electron chi connectivity index (χ1n) is 10.3. The van der Waals surface area contributed by atoms with Gasteiger partial charge in [-0.3, -0.25) is 9.59 Å². The van der Waals surface area contributed by atoms with Gasteiger partial charge >= 0.3 is 0 Å². The maximum atomic E-state index is 12.7. The van der Waals surface area contributed by atoms with Crippen molar-refractivity contribution in [3.8, 4) is 11.5 Å². The number of ether oxygens (including phenoxy) is 2. The Labute approximate surface area is 195 Å². The number of amides is 2. The molecular formula is C25H23BrN2O4. The summed E-state index contributed by atoms with van der Waals surface area (Å²) in [5, 5.41) is 2.88. The topological polar surface area (TPSA) is 67.9 Å². The van der Waals surface area contributed by atoms with Gasteiger partial charge < -0.3 is 19.7 Å². The number of nitrogens with zero attached hydrogens (tertiary/aromatic N) is 1. The Morgan fingerprint density at radius 2 is 1.91 bits per heavy atom. The van der Waals surface area contributed by atoms with Crippen LogP contribution in [-0.2, 0) is 4.79 Å². The molecule has 0 saturated heterocycles. The Hall–Kier alpha value is -3.32. The van der Waals surface area contributed by atoms with Crippen LogP contribution in [0.1, 0.15) is 22.8 Å². The largest absolute Gasteiger partial charge is 0.492 e. The molecule has 0 radical (unpaired) electrons. The minimum atomic E-state index is -0.626. The average molecular weight is 495 g/mol. The van der Waals surface area contributed by atoms with Gasteiger partial charge in [-0.1, -0.05) is 28.1 Å². The first kappa shape index (κ1) is 21.9. The van der Waals surface area contributed by atoms with E-state index in [2.05, 4.69) is 21.2 Å². The summed E-state index contributed by atoms with van der Waals surface area (Å²) in [5.74, 6) is 0.962. The van der Waals surface area contributed by atoms with Crippen LogP contribution in [-0.4, -0.2) is 31.1 Å². The lowest BCUT2D eigenvalue weighted by molar-refractivity contribution is -0.125. The van der Waals surface area contributed by atoms with Gasteiger partial charge in [0.15, 0.2) is 6.10 Å². The van der Waals surface area contributed by atoms with Gasteiger partial charge in [0.25, 0.3) is 11.8 Å². The van der Waals surface area contributed by atoms with Gasteiger partial charge in [-0.05, 0) is 67.9 Å². The van der Waals surface area contributed by atoms with E-state index in [1.807, 2.05) is 43.3 Å². The van der Waals surface area contributed by atoms with Crippen molar-refractivity contribution < 1.29 is 19.1 Å². The van der Waals surface area contributed by atoms with Crippen molar-refractivity contribution in [2.45, 2.75) is 20.0 Å². The number of benzene rings is 3. The minimum absolute atomic E-state index is 0.128. The molecule has 1 unspecified atom stereocenters. The third-order valence-electron chi connectivity index (χ3n) is 5.11. The molecule has 0 spiro atoms. The summed E-state index contributed by atoms with van der Waals surface area (Å²) in [5.41, 5.74) is 2.91. The van der Waals surface area contributed by atoms with Crippen LogP contribution in [0.4, 0.5) is 11.4 Å². The Kier molecular flexibility index (Phi) is 6.46. The fraction of sp³-hybridized carbons (Fsp3) is 0.200. The molecule has 0 saturated carbocycles. The molecule has 0 aromatic heterocycles. The van der Waals surface area contributed by atoms with Crippen molar-refractivity contribution >= 4 is 39.1 Å². The Morgan fingerprint density at radius 3 is 2.66 bits per heavy atom. The summed E-state index contributed by atoms with van der Waals surface area (Å²) in [6.07, 6.45) is -0.626. The average Bonchev–Trinajstić information content (AvgIpc) is 2.77. The van der Waals surface area contributed by atoms with E-state index < -0.39 is 6.10 Å². The van der Waals surface area contributed by atoms with Crippen LogP contribution in [0.5, 0.6) is 11.5 Å². The third-order valence-corrected chi connectivity index (χ3v) is 5.63. The fourth-order valence-electron chi connectivity index (χ4n) is 3.48. The lowest BCUT2D eigenvalue weighted by Crippen LogP contribution is -2.46. The lowest BCUT2D eigenvalue weighted by atomic mass is 10.1. The Balaban J connectivity index is 1.47. The van der Waals surface area contributed by atoms with E-state index in [9.17, 15) is 9.59 Å². The van der Waals surface area contributed by atoms with Gasteiger partial charge in [0, 0.05) is 21.8 Å². The summed E-state index contributed by atoms with van der Waals surface area (Å²) in [6.45, 7) is 4.46. The van der Waals surface area contributed by atoms with Crippen molar-refractivity contribution in [3.05, 3.63) is 82.3 Å². The van der Waals surface area contributed by atoms with Gasteiger partial charge in [0.2, 0.25) is 0 Å². The molecule has 6 nitrogen and oxygen atoms in total. The number of anilines is 2. The Bertz CT molecular complexity index is 1150. The number of carbonyl (C=O) groups excluding carboxylic acids is 2. The zero-order chi connectivity index (χ0) is 22.7. The molecule has 0 aliphatic carbocycles. The van der Waals surface area contributed by atoms with Crippen LogP contribution in [0, 0.1) is 6.92 Å². The van der Waals surface area contributed by atoms with E-state index in [0.717, 1.165) is 15.8 Å². The van der Waals surface area contributed by atoms with E-state index in [-0.39, 0.29) is 11.8 Å². The molecule has 7 heteroatoms. The van der Waals surface area contributed by atoms with E-state index in [1.54, 1.807) is 42.2 Å². The molecule has 3 aromatic rings. The van der Waals surface area contributed by atoms with Crippen LogP contribution in [0.15, 0.2) is 71.2 Å². The second-order valence-corrected chi connectivity index (χ2v) is 8.47. The third kappa shape index (κ3) is 4.94. The first-order chi connectivity index (χ1) is 15.4. The molecule has 0 bridgehead atoms. The van der Waals surface area contributed by atoms with Crippen molar-refractivity contribution in [2.75, 3.05) is 23.4 Å². The number of nitrogens with one attached hydrogen (secondary N) is 1. The highest BCUT2D eigenvalue weighted by Crippen LogP contribution is 2.36. The number of rotatable bonds is 6. The second kappa shape index (κ2) is 9.44. The molecule has 1 atom stereocenters. The van der Waals surface area contributed by atoms with Crippen molar-refractivity contribution in [2.24, 2.45) is 0 Å². The van der Waals surface area contributed by atoms with Crippen LogP contribution < -0.4 is 19.7 Å². The molecule has 1 aliphatic heterocycles. The molecule has 0 fully saturated rings. The van der Waals surface area contributed by atoms with E-state index in [1.165, 1.54) is 0 Å². The molecular weight excluding hydrogens is 472 g/mol. The second-order valence-electron chi connectivity index (χ2n) is 7.56. The quantitative estimate of drug-likeness (QED) is 0.511. The molecule has 1 heterocycles. The summed E-state index contributed by atoms with van der Waals surface area (Å²) in [7, 11) is 0. The zero-order valence-electron chi connectivity index (χ0n) is 17.8.